The van der Waals surface area contributed by atoms with Crippen LogP contribution in [-0.4, -0.2) is 68.1 Å². The molecule has 6 nitrogen and oxygen atoms in total. The zero-order valence-corrected chi connectivity index (χ0v) is 22.8. The van der Waals surface area contributed by atoms with Gasteiger partial charge in [-0.25, -0.2) is 4.98 Å². The molecule has 36 heavy (non-hydrogen) atoms. The van der Waals surface area contributed by atoms with Gasteiger partial charge in [-0.2, -0.15) is 0 Å². The lowest BCUT2D eigenvalue weighted by Gasteiger charge is -2.34. The van der Waals surface area contributed by atoms with E-state index < -0.39 is 8.07 Å². The Morgan fingerprint density at radius 2 is 1.69 bits per heavy atom. The zero-order chi connectivity index (χ0) is 25.3. The van der Waals surface area contributed by atoms with E-state index in [0.717, 1.165) is 54.0 Å². The van der Waals surface area contributed by atoms with E-state index in [1.54, 1.807) is 0 Å². The molecule has 1 saturated heterocycles. The molecule has 0 aliphatic carbocycles. The van der Waals surface area contributed by atoms with Crippen LogP contribution >= 0.6 is 0 Å². The lowest BCUT2D eigenvalue weighted by atomic mass is 10.0. The fraction of sp³-hybridized carbons (Fsp3) is 0.379. The van der Waals surface area contributed by atoms with E-state index in [2.05, 4.69) is 54.7 Å². The molecule has 7 heteroatoms. The van der Waals surface area contributed by atoms with Crippen LogP contribution in [0.5, 0.6) is 0 Å². The molecule has 0 amide bonds. The number of imidazole rings is 1. The number of likely N-dealkylation sites (N-methyl/N-ethyl adjacent to an activating group) is 1. The second kappa shape index (κ2) is 10.2. The van der Waals surface area contributed by atoms with E-state index in [-0.39, 0.29) is 5.78 Å². The molecule has 0 radical (unpaired) electrons. The van der Waals surface area contributed by atoms with Crippen molar-refractivity contribution in [1.82, 2.24) is 14.5 Å². The summed E-state index contributed by atoms with van der Waals surface area (Å²) in [6.07, 6.45) is 0. The molecule has 0 unspecified atom stereocenters. The predicted octanol–water partition coefficient (Wildman–Crippen LogP) is 5.48. The van der Waals surface area contributed by atoms with Gasteiger partial charge in [-0.05, 0) is 48.1 Å². The highest BCUT2D eigenvalue weighted by molar-refractivity contribution is 6.76. The maximum Gasteiger partial charge on any atom is 0.228 e. The van der Waals surface area contributed by atoms with Crippen LogP contribution in [0.1, 0.15) is 16.2 Å². The van der Waals surface area contributed by atoms with Crippen LogP contribution in [-0.2, 0) is 11.5 Å². The first kappa shape index (κ1) is 24.7. The Morgan fingerprint density at radius 3 is 2.44 bits per heavy atom. The van der Waals surface area contributed by atoms with E-state index in [0.29, 0.717) is 24.7 Å². The number of carbonyl (C=O) groups excluding carboxylic acids is 1. The maximum absolute atomic E-state index is 13.7. The topological polar surface area (TPSA) is 50.6 Å². The molecule has 0 saturated carbocycles. The molecule has 1 aromatic heterocycles. The van der Waals surface area contributed by atoms with Crippen molar-refractivity contribution in [3.05, 3.63) is 72.1 Å². The maximum atomic E-state index is 13.7. The van der Waals surface area contributed by atoms with Crippen LogP contribution in [0.4, 0.5) is 5.69 Å². The normalized spacial score (nSPS) is 15.2. The Bertz CT molecular complexity index is 1380. The number of piperazine rings is 1. The van der Waals surface area contributed by atoms with Gasteiger partial charge in [-0.3, -0.25) is 9.36 Å². The van der Waals surface area contributed by atoms with Crippen molar-refractivity contribution < 1.29 is 9.53 Å². The van der Waals surface area contributed by atoms with Crippen molar-refractivity contribution >= 4 is 41.4 Å². The van der Waals surface area contributed by atoms with Gasteiger partial charge in [0.05, 0.1) is 11.0 Å². The predicted molar refractivity (Wildman–Crippen MR) is 151 cm³/mol. The molecule has 1 aliphatic rings. The standard InChI is InChI=1S/C29H36N4O2Si/c1-31-13-15-32(16-14-31)25-11-12-26-27(20-25)33(21-35-17-18-36(2,3)4)29(30-26)28(34)24-10-9-22-7-5-6-8-23(22)19-24/h5-12,19-20H,13-18,21H2,1-4H3. The third-order valence-corrected chi connectivity index (χ3v) is 8.74. The summed E-state index contributed by atoms with van der Waals surface area (Å²) in [5.41, 5.74) is 3.59. The molecule has 5 rings (SSSR count). The molecule has 1 aliphatic heterocycles. The Kier molecular flexibility index (Phi) is 6.97. The number of hydrogen-bond donors (Lipinski definition) is 0. The monoisotopic (exact) mass is 500 g/mol. The van der Waals surface area contributed by atoms with Gasteiger partial charge in [0.25, 0.3) is 0 Å². The number of carbonyl (C=O) groups is 1. The van der Waals surface area contributed by atoms with Crippen molar-refractivity contribution in [2.24, 2.45) is 0 Å². The van der Waals surface area contributed by atoms with Crippen LogP contribution in [0.3, 0.4) is 0 Å². The SMILES string of the molecule is CN1CCN(c2ccc3nc(C(=O)c4ccc5ccccc5c4)n(COCC[Si](C)(C)C)c3c2)CC1. The first-order valence-corrected chi connectivity index (χ1v) is 16.5. The second-order valence-electron chi connectivity index (χ2n) is 11.1. The van der Waals surface area contributed by atoms with E-state index in [4.69, 9.17) is 9.72 Å². The molecular formula is C29H36N4O2Si. The minimum atomic E-state index is -1.21. The van der Waals surface area contributed by atoms with Crippen molar-refractivity contribution in [3.8, 4) is 0 Å². The van der Waals surface area contributed by atoms with E-state index in [9.17, 15) is 4.79 Å². The second-order valence-corrected chi connectivity index (χ2v) is 16.7. The third-order valence-electron chi connectivity index (χ3n) is 7.03. The average molecular weight is 501 g/mol. The summed E-state index contributed by atoms with van der Waals surface area (Å²) < 4.78 is 8.11. The average Bonchev–Trinajstić information content (AvgIpc) is 3.23. The fourth-order valence-electron chi connectivity index (χ4n) is 4.67. The van der Waals surface area contributed by atoms with E-state index >= 15 is 0 Å². The molecule has 1 fully saturated rings. The van der Waals surface area contributed by atoms with Crippen LogP contribution in [0.15, 0.2) is 60.7 Å². The summed E-state index contributed by atoms with van der Waals surface area (Å²) in [6.45, 7) is 12.1. The Balaban J connectivity index is 1.50. The summed E-state index contributed by atoms with van der Waals surface area (Å²) in [4.78, 5) is 23.3. The van der Waals surface area contributed by atoms with Crippen molar-refractivity contribution in [3.63, 3.8) is 0 Å². The van der Waals surface area contributed by atoms with Crippen LogP contribution in [0.2, 0.25) is 25.7 Å². The first-order chi connectivity index (χ1) is 17.3. The van der Waals surface area contributed by atoms with Crippen molar-refractivity contribution in [2.45, 2.75) is 32.4 Å². The summed E-state index contributed by atoms with van der Waals surface area (Å²) >= 11 is 0. The molecule has 4 aromatic rings. The molecule has 0 atom stereocenters. The van der Waals surface area contributed by atoms with Crippen LogP contribution in [0.25, 0.3) is 21.8 Å². The number of hydrogen-bond acceptors (Lipinski definition) is 5. The number of anilines is 1. The molecular weight excluding hydrogens is 464 g/mol. The van der Waals surface area contributed by atoms with Crippen molar-refractivity contribution in [2.75, 3.05) is 44.7 Å². The quantitative estimate of drug-likeness (QED) is 0.182. The number of nitrogens with zero attached hydrogens (tertiary/aromatic N) is 4. The van der Waals surface area contributed by atoms with Crippen LogP contribution in [0, 0.1) is 0 Å². The van der Waals surface area contributed by atoms with Gasteiger partial charge in [0.1, 0.15) is 6.73 Å². The number of fused-ring (bicyclic) bond motifs is 2. The first-order valence-electron chi connectivity index (χ1n) is 12.8. The molecule has 3 aromatic carbocycles. The van der Waals surface area contributed by atoms with Gasteiger partial charge < -0.3 is 14.5 Å². The van der Waals surface area contributed by atoms with Gasteiger partial charge in [0.2, 0.25) is 5.78 Å². The van der Waals surface area contributed by atoms with Crippen molar-refractivity contribution in [1.29, 1.82) is 0 Å². The lowest BCUT2D eigenvalue weighted by Crippen LogP contribution is -2.44. The molecule has 2 heterocycles. The van der Waals surface area contributed by atoms with Gasteiger partial charge in [-0.1, -0.05) is 56.0 Å². The Hall–Kier alpha value is -3.00. The number of ether oxygens (including phenoxy) is 1. The summed E-state index contributed by atoms with van der Waals surface area (Å²) in [5, 5.41) is 2.17. The number of ketones is 1. The summed E-state index contributed by atoms with van der Waals surface area (Å²) in [7, 11) is 0.953. The van der Waals surface area contributed by atoms with Gasteiger partial charge in [0, 0.05) is 52.1 Å². The largest absolute Gasteiger partial charge is 0.369 e. The van der Waals surface area contributed by atoms with E-state index in [1.807, 2.05) is 47.0 Å². The summed E-state index contributed by atoms with van der Waals surface area (Å²) in [6, 6.07) is 21.4. The number of aromatic nitrogens is 2. The minimum Gasteiger partial charge on any atom is -0.369 e. The Labute approximate surface area is 214 Å². The number of benzene rings is 3. The zero-order valence-electron chi connectivity index (χ0n) is 21.8. The van der Waals surface area contributed by atoms with Gasteiger partial charge in [-0.15, -0.1) is 0 Å². The fourth-order valence-corrected chi connectivity index (χ4v) is 5.43. The van der Waals surface area contributed by atoms with Crippen LogP contribution < -0.4 is 4.90 Å². The minimum absolute atomic E-state index is 0.0769. The third kappa shape index (κ3) is 5.38. The smallest absolute Gasteiger partial charge is 0.228 e. The Morgan fingerprint density at radius 1 is 0.944 bits per heavy atom. The number of rotatable bonds is 8. The van der Waals surface area contributed by atoms with E-state index in [1.165, 1.54) is 5.69 Å². The highest BCUT2D eigenvalue weighted by Crippen LogP contribution is 2.26. The molecule has 0 N–H and O–H groups in total. The lowest BCUT2D eigenvalue weighted by molar-refractivity contribution is 0.0835. The highest BCUT2D eigenvalue weighted by atomic mass is 28.3. The molecule has 0 bridgehead atoms. The molecule has 188 valence electrons. The van der Waals surface area contributed by atoms with Gasteiger partial charge >= 0.3 is 0 Å². The highest BCUT2D eigenvalue weighted by Gasteiger charge is 2.22. The van der Waals surface area contributed by atoms with Gasteiger partial charge in [0.15, 0.2) is 5.82 Å². The summed E-state index contributed by atoms with van der Waals surface area (Å²) in [5.74, 6) is 0.357. The molecule has 0 spiro atoms.